The zero-order chi connectivity index (χ0) is 29.6. The molecular formula is C39H68. The predicted molar refractivity (Wildman–Crippen MR) is 180 cm³/mol. The molecule has 0 saturated heterocycles. The summed E-state index contributed by atoms with van der Waals surface area (Å²) in [5.41, 5.74) is 2.83. The minimum absolute atomic E-state index is 0.659. The molecule has 0 aliphatic heterocycles. The lowest BCUT2D eigenvalue weighted by molar-refractivity contribution is 0.289. The van der Waals surface area contributed by atoms with Gasteiger partial charge >= 0.3 is 0 Å². The van der Waals surface area contributed by atoms with Crippen molar-refractivity contribution in [3.8, 4) is 0 Å². The molecule has 2 aliphatic rings. The molecule has 0 aromatic heterocycles. The number of rotatable bonds is 5. The van der Waals surface area contributed by atoms with Gasteiger partial charge in [0.2, 0.25) is 0 Å². The van der Waals surface area contributed by atoms with E-state index in [2.05, 4.69) is 125 Å². The van der Waals surface area contributed by atoms with Crippen molar-refractivity contribution in [1.82, 2.24) is 0 Å². The Morgan fingerprint density at radius 2 is 0.949 bits per heavy atom. The lowest BCUT2D eigenvalue weighted by Crippen LogP contribution is -2.12. The molecule has 0 amide bonds. The molecule has 0 N–H and O–H groups in total. The molecule has 0 radical (unpaired) electrons. The smallest absolute Gasteiger partial charge is 0.0219 e. The Morgan fingerprint density at radius 3 is 1.18 bits per heavy atom. The first-order valence-electron chi connectivity index (χ1n) is 16.7. The van der Waals surface area contributed by atoms with E-state index in [9.17, 15) is 0 Å². The van der Waals surface area contributed by atoms with Crippen LogP contribution in [0.1, 0.15) is 157 Å². The summed E-state index contributed by atoms with van der Waals surface area (Å²) in [6.07, 6.45) is 13.1. The highest BCUT2D eigenvalue weighted by Crippen LogP contribution is 2.38. The van der Waals surface area contributed by atoms with Crippen LogP contribution in [0.4, 0.5) is 0 Å². The molecule has 4 rings (SSSR count). The molecule has 0 heterocycles. The molecule has 0 nitrogen and oxygen atoms in total. The summed E-state index contributed by atoms with van der Waals surface area (Å²) < 4.78 is 0. The van der Waals surface area contributed by atoms with E-state index in [0.29, 0.717) is 11.8 Å². The molecule has 2 saturated carbocycles. The summed E-state index contributed by atoms with van der Waals surface area (Å²) >= 11 is 0. The third-order valence-electron chi connectivity index (χ3n) is 8.37. The van der Waals surface area contributed by atoms with Crippen LogP contribution in [0, 0.1) is 29.6 Å². The first-order chi connectivity index (χ1) is 18.6. The number of benzene rings is 2. The van der Waals surface area contributed by atoms with Gasteiger partial charge in [0.1, 0.15) is 0 Å². The molecular weight excluding hydrogens is 468 g/mol. The van der Waals surface area contributed by atoms with E-state index in [4.69, 9.17) is 0 Å². The summed E-state index contributed by atoms with van der Waals surface area (Å²) in [6, 6.07) is 21.0. The zero-order valence-electron chi connectivity index (χ0n) is 28.2. The zero-order valence-corrected chi connectivity index (χ0v) is 28.2. The van der Waals surface area contributed by atoms with E-state index >= 15 is 0 Å². The second kappa shape index (κ2) is 23.2. The van der Waals surface area contributed by atoms with Gasteiger partial charge in [-0.05, 0) is 59.0 Å². The molecule has 0 spiro atoms. The third-order valence-corrected chi connectivity index (χ3v) is 8.37. The summed E-state index contributed by atoms with van der Waals surface area (Å²) in [7, 11) is 0. The minimum Gasteiger partial charge on any atom is -0.0656 e. The van der Waals surface area contributed by atoms with Crippen LogP contribution in [0.3, 0.4) is 0 Å². The summed E-state index contributed by atoms with van der Waals surface area (Å²) in [4.78, 5) is 0. The van der Waals surface area contributed by atoms with Gasteiger partial charge in [-0.25, -0.2) is 0 Å². The van der Waals surface area contributed by atoms with E-state index in [1.54, 1.807) is 0 Å². The fourth-order valence-electron chi connectivity index (χ4n) is 5.75. The SMILES string of the molecule is CC(C)C1CCCC1.CC(C)c1ccccc1.CC(C)c1ccccc1.CCC.CCC1CCCC1C(C)C. The van der Waals surface area contributed by atoms with Gasteiger partial charge in [0.25, 0.3) is 0 Å². The van der Waals surface area contributed by atoms with Crippen LogP contribution in [-0.4, -0.2) is 0 Å². The largest absolute Gasteiger partial charge is 0.0656 e. The molecule has 2 fully saturated rings. The van der Waals surface area contributed by atoms with E-state index in [0.717, 1.165) is 29.6 Å². The maximum atomic E-state index is 2.37. The van der Waals surface area contributed by atoms with Crippen molar-refractivity contribution in [3.63, 3.8) is 0 Å². The maximum Gasteiger partial charge on any atom is -0.0219 e. The van der Waals surface area contributed by atoms with E-state index < -0.39 is 0 Å². The average molecular weight is 537 g/mol. The Hall–Kier alpha value is -1.56. The normalized spacial score (nSPS) is 18.4. The van der Waals surface area contributed by atoms with Crippen LogP contribution < -0.4 is 0 Å². The monoisotopic (exact) mass is 537 g/mol. The molecule has 0 heteroatoms. The van der Waals surface area contributed by atoms with Gasteiger partial charge in [0.15, 0.2) is 0 Å². The fraction of sp³-hybridized carbons (Fsp3) is 0.692. The maximum absolute atomic E-state index is 2.37. The Morgan fingerprint density at radius 1 is 0.538 bits per heavy atom. The van der Waals surface area contributed by atoms with Crippen molar-refractivity contribution in [3.05, 3.63) is 71.8 Å². The standard InChI is InChI=1S/C10H20.2C9H12.C8H16.C3H8/c1-4-9-6-5-7-10(9)8(2)3;2*1-8(2)9-6-4-3-5-7-9;1-7(2)8-5-3-4-6-8;1-3-2/h8-10H,4-7H2,1-3H3;2*3-8H,1-2H3;7-8H,3-6H2,1-2H3;3H2,1-2H3. The molecule has 2 aromatic rings. The van der Waals surface area contributed by atoms with Crippen LogP contribution in [0.15, 0.2) is 60.7 Å². The molecule has 224 valence electrons. The number of hydrogen-bond acceptors (Lipinski definition) is 0. The van der Waals surface area contributed by atoms with Crippen molar-refractivity contribution >= 4 is 0 Å². The fourth-order valence-corrected chi connectivity index (χ4v) is 5.75. The van der Waals surface area contributed by atoms with Gasteiger partial charge in [-0.2, -0.15) is 0 Å². The van der Waals surface area contributed by atoms with Gasteiger partial charge in [-0.3, -0.25) is 0 Å². The van der Waals surface area contributed by atoms with Gasteiger partial charge in [0, 0.05) is 0 Å². The highest BCUT2D eigenvalue weighted by atomic mass is 14.3. The predicted octanol–water partition coefficient (Wildman–Crippen LogP) is 13.3. The van der Waals surface area contributed by atoms with Crippen LogP contribution in [0.2, 0.25) is 0 Å². The first-order valence-corrected chi connectivity index (χ1v) is 16.7. The summed E-state index contributed by atoms with van der Waals surface area (Å²) in [5.74, 6) is 6.35. The van der Waals surface area contributed by atoms with Crippen molar-refractivity contribution in [2.45, 2.75) is 146 Å². The average Bonchev–Trinajstić information content (AvgIpc) is 3.64. The lowest BCUT2D eigenvalue weighted by atomic mass is 9.85. The molecule has 0 bridgehead atoms. The van der Waals surface area contributed by atoms with Crippen LogP contribution in [0.5, 0.6) is 0 Å². The lowest BCUT2D eigenvalue weighted by Gasteiger charge is -2.21. The Bertz CT molecular complexity index is 706. The van der Waals surface area contributed by atoms with E-state index in [1.807, 2.05) is 12.1 Å². The van der Waals surface area contributed by atoms with Gasteiger partial charge < -0.3 is 0 Å². The Labute approximate surface area is 246 Å². The van der Waals surface area contributed by atoms with E-state index in [1.165, 1.54) is 68.9 Å². The van der Waals surface area contributed by atoms with Crippen LogP contribution in [-0.2, 0) is 0 Å². The number of hydrogen-bond donors (Lipinski definition) is 0. The van der Waals surface area contributed by atoms with Gasteiger partial charge in [0.05, 0.1) is 0 Å². The van der Waals surface area contributed by atoms with Crippen LogP contribution in [0.25, 0.3) is 0 Å². The molecule has 2 unspecified atom stereocenters. The van der Waals surface area contributed by atoms with Crippen molar-refractivity contribution < 1.29 is 0 Å². The summed E-state index contributed by atoms with van der Waals surface area (Å²) in [5, 5.41) is 0. The highest BCUT2D eigenvalue weighted by Gasteiger charge is 2.27. The molecule has 2 atom stereocenters. The minimum atomic E-state index is 0.659. The van der Waals surface area contributed by atoms with Crippen molar-refractivity contribution in [2.75, 3.05) is 0 Å². The van der Waals surface area contributed by atoms with Crippen molar-refractivity contribution in [2.24, 2.45) is 29.6 Å². The molecule has 39 heavy (non-hydrogen) atoms. The van der Waals surface area contributed by atoms with Gasteiger partial charge in [-0.1, -0.05) is 188 Å². The third kappa shape index (κ3) is 17.7. The molecule has 2 aliphatic carbocycles. The first kappa shape index (κ1) is 37.4. The Balaban J connectivity index is 0.000000478. The summed E-state index contributed by atoms with van der Waals surface area (Å²) in [6.45, 7) is 24.8. The highest BCUT2D eigenvalue weighted by molar-refractivity contribution is 5.18. The topological polar surface area (TPSA) is 0 Å². The van der Waals surface area contributed by atoms with Gasteiger partial charge in [-0.15, -0.1) is 0 Å². The van der Waals surface area contributed by atoms with Crippen molar-refractivity contribution in [1.29, 1.82) is 0 Å². The second-order valence-electron chi connectivity index (χ2n) is 13.1. The Kier molecular flexibility index (Phi) is 22.2. The second-order valence-corrected chi connectivity index (χ2v) is 13.1. The van der Waals surface area contributed by atoms with E-state index in [-0.39, 0.29) is 0 Å². The van der Waals surface area contributed by atoms with Crippen LogP contribution >= 0.6 is 0 Å². The quantitative estimate of drug-likeness (QED) is 0.356. The molecule has 2 aromatic carbocycles.